The fourth-order valence-electron chi connectivity index (χ4n) is 3.44. The Kier molecular flexibility index (Phi) is 10.1. The number of amides is 2. The predicted octanol–water partition coefficient (Wildman–Crippen LogP) is 3.04. The van der Waals surface area contributed by atoms with Crippen molar-refractivity contribution in [2.75, 3.05) is 20.7 Å². The third-order valence-electron chi connectivity index (χ3n) is 5.40. The molecule has 0 aliphatic heterocycles. The molecule has 1 N–H and O–H groups in total. The van der Waals surface area contributed by atoms with Crippen molar-refractivity contribution in [3.05, 3.63) is 60.2 Å². The third-order valence-corrected chi connectivity index (χ3v) is 7.27. The maximum absolute atomic E-state index is 13.2. The Balaban J connectivity index is 2.10. The van der Waals surface area contributed by atoms with Gasteiger partial charge in [0.2, 0.25) is 21.8 Å². The molecule has 186 valence electrons. The summed E-state index contributed by atoms with van der Waals surface area (Å²) in [7, 11) is -0.557. The second-order valence-electron chi connectivity index (χ2n) is 8.46. The van der Waals surface area contributed by atoms with Gasteiger partial charge in [-0.1, -0.05) is 30.3 Å². The molecule has 0 unspecified atom stereocenters. The van der Waals surface area contributed by atoms with Crippen LogP contribution in [0.15, 0.2) is 59.5 Å². The van der Waals surface area contributed by atoms with Crippen LogP contribution in [0.5, 0.6) is 5.75 Å². The number of sulfonamides is 1. The van der Waals surface area contributed by atoms with E-state index in [1.54, 1.807) is 44.4 Å². The second kappa shape index (κ2) is 12.5. The first-order chi connectivity index (χ1) is 16.1. The number of hydrogen-bond acceptors (Lipinski definition) is 5. The van der Waals surface area contributed by atoms with Crippen LogP contribution in [0.1, 0.15) is 39.2 Å². The van der Waals surface area contributed by atoms with Gasteiger partial charge in [-0.25, -0.2) is 12.7 Å². The first kappa shape index (κ1) is 27.3. The summed E-state index contributed by atoms with van der Waals surface area (Å²) in [6.45, 7) is 5.84. The Morgan fingerprint density at radius 1 is 1.03 bits per heavy atom. The lowest BCUT2D eigenvalue weighted by atomic mass is 10.1. The molecule has 2 aromatic rings. The molecule has 9 heteroatoms. The fraction of sp³-hybridized carbons (Fsp3) is 0.440. The van der Waals surface area contributed by atoms with Crippen molar-refractivity contribution in [1.29, 1.82) is 0 Å². The number of ether oxygens (including phenoxy) is 1. The van der Waals surface area contributed by atoms with Crippen LogP contribution in [0.4, 0.5) is 0 Å². The van der Waals surface area contributed by atoms with Crippen LogP contribution >= 0.6 is 0 Å². The van der Waals surface area contributed by atoms with E-state index >= 15 is 0 Å². The van der Waals surface area contributed by atoms with Crippen molar-refractivity contribution >= 4 is 21.8 Å². The molecule has 0 heterocycles. The zero-order chi connectivity index (χ0) is 25.3. The summed E-state index contributed by atoms with van der Waals surface area (Å²) in [4.78, 5) is 27.6. The van der Waals surface area contributed by atoms with Crippen LogP contribution in [0.25, 0.3) is 0 Å². The molecule has 0 fully saturated rings. The lowest BCUT2D eigenvalue weighted by Crippen LogP contribution is -2.49. The maximum Gasteiger partial charge on any atom is 0.242 e. The third kappa shape index (κ3) is 7.56. The van der Waals surface area contributed by atoms with Gasteiger partial charge in [-0.15, -0.1) is 0 Å². The predicted molar refractivity (Wildman–Crippen MR) is 132 cm³/mol. The van der Waals surface area contributed by atoms with E-state index in [0.29, 0.717) is 12.2 Å². The van der Waals surface area contributed by atoms with Gasteiger partial charge in [-0.05, 0) is 57.0 Å². The summed E-state index contributed by atoms with van der Waals surface area (Å²) < 4.78 is 31.9. The molecule has 2 rings (SSSR count). The number of hydrogen-bond donors (Lipinski definition) is 1. The average molecular weight is 490 g/mol. The van der Waals surface area contributed by atoms with Crippen LogP contribution in [0.3, 0.4) is 0 Å². The molecule has 0 radical (unpaired) electrons. The van der Waals surface area contributed by atoms with Crippen molar-refractivity contribution in [2.24, 2.45) is 0 Å². The van der Waals surface area contributed by atoms with Gasteiger partial charge in [0, 0.05) is 32.6 Å². The van der Waals surface area contributed by atoms with E-state index in [0.717, 1.165) is 5.56 Å². The van der Waals surface area contributed by atoms with Gasteiger partial charge < -0.3 is 15.0 Å². The highest BCUT2D eigenvalue weighted by molar-refractivity contribution is 7.89. The molecular formula is C25H35N3O5S. The molecule has 0 saturated heterocycles. The summed E-state index contributed by atoms with van der Waals surface area (Å²) in [6.07, 6.45) is 0.437. The van der Waals surface area contributed by atoms with Gasteiger partial charge in [-0.2, -0.15) is 0 Å². The van der Waals surface area contributed by atoms with Gasteiger partial charge in [0.1, 0.15) is 11.8 Å². The molecule has 34 heavy (non-hydrogen) atoms. The van der Waals surface area contributed by atoms with E-state index in [2.05, 4.69) is 5.32 Å². The van der Waals surface area contributed by atoms with Crippen LogP contribution in [-0.2, 0) is 26.2 Å². The van der Waals surface area contributed by atoms with Crippen molar-refractivity contribution in [3.8, 4) is 5.75 Å². The van der Waals surface area contributed by atoms with E-state index in [-0.39, 0.29) is 42.3 Å². The summed E-state index contributed by atoms with van der Waals surface area (Å²) >= 11 is 0. The van der Waals surface area contributed by atoms with Crippen LogP contribution < -0.4 is 10.1 Å². The van der Waals surface area contributed by atoms with Crippen LogP contribution in [0, 0.1) is 0 Å². The number of carbonyl (C=O) groups excluding carboxylic acids is 2. The molecule has 0 aromatic heterocycles. The quantitative estimate of drug-likeness (QED) is 0.494. The van der Waals surface area contributed by atoms with Gasteiger partial charge >= 0.3 is 0 Å². The van der Waals surface area contributed by atoms with E-state index in [4.69, 9.17) is 4.74 Å². The van der Waals surface area contributed by atoms with Crippen molar-refractivity contribution in [3.63, 3.8) is 0 Å². The van der Waals surface area contributed by atoms with E-state index in [9.17, 15) is 18.0 Å². The molecule has 1 atom stereocenters. The normalized spacial score (nSPS) is 12.4. The fourth-order valence-corrected chi connectivity index (χ4v) is 4.67. The molecular weight excluding hydrogens is 454 g/mol. The van der Waals surface area contributed by atoms with Crippen molar-refractivity contribution < 1.29 is 22.7 Å². The SMILES string of the molecule is COc1cccc(CN(C(=O)CCCN(C)S(=O)(=O)c2ccccc2)[C@@H](C)C(=O)NC(C)C)c1. The Labute approximate surface area is 202 Å². The van der Waals surface area contributed by atoms with Crippen LogP contribution in [0.2, 0.25) is 0 Å². The zero-order valence-corrected chi connectivity index (χ0v) is 21.3. The lowest BCUT2D eigenvalue weighted by molar-refractivity contribution is -0.140. The molecule has 8 nitrogen and oxygen atoms in total. The maximum atomic E-state index is 13.2. The van der Waals surface area contributed by atoms with Gasteiger partial charge in [0.15, 0.2) is 0 Å². The number of methoxy groups -OCH3 is 1. The highest BCUT2D eigenvalue weighted by atomic mass is 32.2. The number of carbonyl (C=O) groups is 2. The summed E-state index contributed by atoms with van der Waals surface area (Å²) in [5.41, 5.74) is 0.834. The number of rotatable bonds is 12. The Morgan fingerprint density at radius 3 is 2.32 bits per heavy atom. The van der Waals surface area contributed by atoms with E-state index in [1.807, 2.05) is 38.1 Å². The van der Waals surface area contributed by atoms with Crippen LogP contribution in [-0.4, -0.2) is 62.2 Å². The smallest absolute Gasteiger partial charge is 0.242 e. The lowest BCUT2D eigenvalue weighted by Gasteiger charge is -2.29. The van der Waals surface area contributed by atoms with Gasteiger partial charge in [-0.3, -0.25) is 9.59 Å². The number of benzene rings is 2. The topological polar surface area (TPSA) is 96.0 Å². The summed E-state index contributed by atoms with van der Waals surface area (Å²) in [5, 5.41) is 2.85. The molecule has 0 saturated carbocycles. The minimum Gasteiger partial charge on any atom is -0.497 e. The molecule has 0 spiro atoms. The highest BCUT2D eigenvalue weighted by Crippen LogP contribution is 2.18. The van der Waals surface area contributed by atoms with E-state index < -0.39 is 16.1 Å². The second-order valence-corrected chi connectivity index (χ2v) is 10.5. The molecule has 0 aliphatic carbocycles. The first-order valence-electron chi connectivity index (χ1n) is 11.3. The summed E-state index contributed by atoms with van der Waals surface area (Å²) in [5.74, 6) is 0.201. The molecule has 2 aromatic carbocycles. The molecule has 0 aliphatic rings. The standard InChI is InChI=1S/C25H35N3O5S/c1-19(2)26-25(30)20(3)28(18-21-11-9-12-22(17-21)33-5)24(29)15-10-16-27(4)34(31,32)23-13-7-6-8-14-23/h6-9,11-14,17,19-20H,10,15-16,18H2,1-5H3,(H,26,30)/t20-/m0/s1. The first-order valence-corrected chi connectivity index (χ1v) is 12.7. The highest BCUT2D eigenvalue weighted by Gasteiger charge is 2.27. The minimum atomic E-state index is -3.63. The van der Waals surface area contributed by atoms with Gasteiger partial charge in [0.25, 0.3) is 0 Å². The Morgan fingerprint density at radius 2 is 1.71 bits per heavy atom. The van der Waals surface area contributed by atoms with Gasteiger partial charge in [0.05, 0.1) is 12.0 Å². The van der Waals surface area contributed by atoms with Crippen molar-refractivity contribution in [1.82, 2.24) is 14.5 Å². The zero-order valence-electron chi connectivity index (χ0n) is 20.5. The number of nitrogens with zero attached hydrogens (tertiary/aromatic N) is 2. The molecule has 2 amide bonds. The van der Waals surface area contributed by atoms with Crippen molar-refractivity contribution in [2.45, 2.75) is 57.1 Å². The number of nitrogens with one attached hydrogen (secondary N) is 1. The average Bonchev–Trinajstić information content (AvgIpc) is 2.82. The van der Waals surface area contributed by atoms with E-state index in [1.165, 1.54) is 16.3 Å². The minimum absolute atomic E-state index is 0.0550. The Bertz CT molecular complexity index is 1060. The largest absolute Gasteiger partial charge is 0.497 e. The monoisotopic (exact) mass is 489 g/mol. The Hall–Kier alpha value is -2.91. The summed E-state index contributed by atoms with van der Waals surface area (Å²) in [6, 6.07) is 14.8. The molecule has 0 bridgehead atoms.